The van der Waals surface area contributed by atoms with Crippen LogP contribution in [0.15, 0.2) is 40.5 Å². The highest BCUT2D eigenvalue weighted by atomic mass is 32.1. The Morgan fingerprint density at radius 2 is 2.31 bits per heavy atom. The van der Waals surface area contributed by atoms with Crippen LogP contribution in [0.25, 0.3) is 0 Å². The third kappa shape index (κ3) is 2.59. The lowest BCUT2D eigenvalue weighted by Crippen LogP contribution is -1.92. The van der Waals surface area contributed by atoms with E-state index in [1.165, 1.54) is 0 Å². The van der Waals surface area contributed by atoms with E-state index in [0.29, 0.717) is 10.6 Å². The average Bonchev–Trinajstić information content (AvgIpc) is 2.03. The number of nitrogens with zero attached hydrogens (tertiary/aromatic N) is 1. The van der Waals surface area contributed by atoms with Gasteiger partial charge in [0, 0.05) is 16.3 Å². The van der Waals surface area contributed by atoms with Gasteiger partial charge in [-0.2, -0.15) is 5.11 Å². The van der Waals surface area contributed by atoms with Crippen LogP contribution in [0, 0.1) is 5.53 Å². The Kier molecular flexibility index (Phi) is 3.08. The Morgan fingerprint density at radius 3 is 2.77 bits per heavy atom. The zero-order valence-corrected chi connectivity index (χ0v) is 8.23. The molecule has 0 saturated carbocycles. The van der Waals surface area contributed by atoms with Crippen molar-refractivity contribution in [1.29, 1.82) is 5.53 Å². The Bertz CT molecular complexity index is 347. The second-order valence-corrected chi connectivity index (χ2v) is 3.20. The first-order valence-electron chi connectivity index (χ1n) is 3.76. The van der Waals surface area contributed by atoms with Crippen molar-refractivity contribution in [2.24, 2.45) is 5.11 Å². The van der Waals surface area contributed by atoms with E-state index in [-0.39, 0.29) is 0 Å². The molecule has 0 saturated heterocycles. The summed E-state index contributed by atoms with van der Waals surface area (Å²) in [6.07, 6.45) is 0. The average molecular weight is 193 g/mol. The summed E-state index contributed by atoms with van der Waals surface area (Å²) in [6.45, 7) is 5.60. The summed E-state index contributed by atoms with van der Waals surface area (Å²) in [5.41, 5.74) is 9.17. The van der Waals surface area contributed by atoms with Gasteiger partial charge in [0.25, 0.3) is 0 Å². The lowest BCUT2D eigenvalue weighted by atomic mass is 10.3. The van der Waals surface area contributed by atoms with Gasteiger partial charge in [-0.1, -0.05) is 6.58 Å². The zero-order valence-electron chi connectivity index (χ0n) is 7.33. The number of anilines is 1. The van der Waals surface area contributed by atoms with Crippen molar-refractivity contribution in [2.45, 2.75) is 11.8 Å². The molecule has 0 aromatic heterocycles. The van der Waals surface area contributed by atoms with E-state index in [1.807, 2.05) is 19.1 Å². The topological polar surface area (TPSA) is 48.2 Å². The minimum atomic E-state index is 0.565. The number of hydrogen-bond donors (Lipinski definition) is 3. The molecule has 0 aliphatic heterocycles. The van der Waals surface area contributed by atoms with Crippen molar-refractivity contribution in [2.75, 3.05) is 5.32 Å². The van der Waals surface area contributed by atoms with Crippen LogP contribution in [-0.4, -0.2) is 0 Å². The van der Waals surface area contributed by atoms with Crippen LogP contribution in [0.1, 0.15) is 6.92 Å². The Hall–Kier alpha value is -1.29. The van der Waals surface area contributed by atoms with E-state index in [9.17, 15) is 0 Å². The molecule has 68 valence electrons. The number of thiol groups is 1. The first-order chi connectivity index (χ1) is 6.13. The SMILES string of the molecule is C=C(C)Nc1ccc(N=N)c(S)c1. The summed E-state index contributed by atoms with van der Waals surface area (Å²) in [5, 5.41) is 6.36. The standard InChI is InChI=1S/C9H11N3S/c1-6(2)11-7-3-4-8(12-10)9(13)5-7/h3-5,10-11,13H,1H2,2H3. The Morgan fingerprint density at radius 1 is 1.62 bits per heavy atom. The van der Waals surface area contributed by atoms with Gasteiger partial charge in [-0.05, 0) is 25.1 Å². The quantitative estimate of drug-likeness (QED) is 0.498. The van der Waals surface area contributed by atoms with E-state index in [1.54, 1.807) is 6.07 Å². The molecule has 1 aromatic rings. The minimum absolute atomic E-state index is 0.565. The van der Waals surface area contributed by atoms with Gasteiger partial charge in [-0.15, -0.1) is 12.6 Å². The minimum Gasteiger partial charge on any atom is -0.360 e. The van der Waals surface area contributed by atoms with Crippen molar-refractivity contribution in [3.05, 3.63) is 30.5 Å². The van der Waals surface area contributed by atoms with E-state index in [2.05, 4.69) is 29.6 Å². The molecule has 0 aliphatic rings. The number of allylic oxidation sites excluding steroid dienone is 1. The summed E-state index contributed by atoms with van der Waals surface area (Å²) in [5.74, 6) is 0. The van der Waals surface area contributed by atoms with Gasteiger partial charge in [0.1, 0.15) is 0 Å². The summed E-state index contributed by atoms with van der Waals surface area (Å²) in [6, 6.07) is 5.38. The Balaban J connectivity index is 2.95. The van der Waals surface area contributed by atoms with Crippen LogP contribution in [0.2, 0.25) is 0 Å². The largest absolute Gasteiger partial charge is 0.360 e. The molecule has 1 aromatic carbocycles. The molecule has 0 unspecified atom stereocenters. The van der Waals surface area contributed by atoms with Crippen molar-refractivity contribution in [3.63, 3.8) is 0 Å². The molecule has 4 heteroatoms. The van der Waals surface area contributed by atoms with E-state index < -0.39 is 0 Å². The van der Waals surface area contributed by atoms with Crippen molar-refractivity contribution >= 4 is 24.0 Å². The molecule has 13 heavy (non-hydrogen) atoms. The van der Waals surface area contributed by atoms with Crippen LogP contribution in [0.4, 0.5) is 11.4 Å². The van der Waals surface area contributed by atoms with Gasteiger partial charge in [0.15, 0.2) is 0 Å². The van der Waals surface area contributed by atoms with Crippen LogP contribution in [-0.2, 0) is 0 Å². The molecular weight excluding hydrogens is 182 g/mol. The lowest BCUT2D eigenvalue weighted by Gasteiger charge is -2.06. The molecule has 0 atom stereocenters. The van der Waals surface area contributed by atoms with Gasteiger partial charge in [0.05, 0.1) is 5.69 Å². The van der Waals surface area contributed by atoms with E-state index in [0.717, 1.165) is 11.4 Å². The molecule has 0 heterocycles. The summed E-state index contributed by atoms with van der Waals surface area (Å²) < 4.78 is 0. The molecule has 0 radical (unpaired) electrons. The fraction of sp³-hybridized carbons (Fsp3) is 0.111. The maximum atomic E-state index is 6.83. The molecule has 0 amide bonds. The Labute approximate surface area is 82.8 Å². The smallest absolute Gasteiger partial charge is 0.0984 e. The fourth-order valence-electron chi connectivity index (χ4n) is 0.942. The monoisotopic (exact) mass is 193 g/mol. The molecule has 0 fully saturated rings. The van der Waals surface area contributed by atoms with Crippen molar-refractivity contribution in [3.8, 4) is 0 Å². The van der Waals surface area contributed by atoms with Crippen LogP contribution in [0.3, 0.4) is 0 Å². The molecule has 3 nitrogen and oxygen atoms in total. The van der Waals surface area contributed by atoms with Gasteiger partial charge < -0.3 is 5.32 Å². The summed E-state index contributed by atoms with van der Waals surface area (Å²) >= 11 is 4.19. The highest BCUT2D eigenvalue weighted by Crippen LogP contribution is 2.26. The van der Waals surface area contributed by atoms with Gasteiger partial charge in [-0.25, -0.2) is 5.53 Å². The second kappa shape index (κ2) is 4.09. The maximum Gasteiger partial charge on any atom is 0.0984 e. The number of hydrogen-bond acceptors (Lipinski definition) is 4. The fourth-order valence-corrected chi connectivity index (χ4v) is 1.21. The van der Waals surface area contributed by atoms with Gasteiger partial charge in [0.2, 0.25) is 0 Å². The third-order valence-corrected chi connectivity index (χ3v) is 1.81. The van der Waals surface area contributed by atoms with Crippen molar-refractivity contribution < 1.29 is 0 Å². The molecule has 0 aliphatic carbocycles. The first kappa shape index (κ1) is 9.80. The van der Waals surface area contributed by atoms with E-state index in [4.69, 9.17) is 5.53 Å². The van der Waals surface area contributed by atoms with Crippen LogP contribution >= 0.6 is 12.6 Å². The second-order valence-electron chi connectivity index (χ2n) is 2.72. The highest BCUT2D eigenvalue weighted by molar-refractivity contribution is 7.80. The number of rotatable bonds is 3. The predicted octanol–water partition coefficient (Wildman–Crippen LogP) is 3.58. The third-order valence-electron chi connectivity index (χ3n) is 1.45. The van der Waals surface area contributed by atoms with Gasteiger partial charge in [-0.3, -0.25) is 0 Å². The summed E-state index contributed by atoms with van der Waals surface area (Å²) in [7, 11) is 0. The lowest BCUT2D eigenvalue weighted by molar-refractivity contribution is 1.12. The van der Waals surface area contributed by atoms with E-state index >= 15 is 0 Å². The molecule has 0 bridgehead atoms. The molecule has 1 rings (SSSR count). The van der Waals surface area contributed by atoms with Crippen LogP contribution in [0.5, 0.6) is 0 Å². The molecule has 0 spiro atoms. The first-order valence-corrected chi connectivity index (χ1v) is 4.21. The van der Waals surface area contributed by atoms with Crippen molar-refractivity contribution in [1.82, 2.24) is 0 Å². The summed E-state index contributed by atoms with van der Waals surface area (Å²) in [4.78, 5) is 0.682. The highest BCUT2D eigenvalue weighted by Gasteiger charge is 1.98. The molecular formula is C9H11N3S. The number of benzene rings is 1. The van der Waals surface area contributed by atoms with Gasteiger partial charge >= 0.3 is 0 Å². The maximum absolute atomic E-state index is 6.83. The predicted molar refractivity (Wildman–Crippen MR) is 56.9 cm³/mol. The molecule has 2 N–H and O–H groups in total. The number of nitrogens with one attached hydrogen (secondary N) is 2. The van der Waals surface area contributed by atoms with Crippen LogP contribution < -0.4 is 5.32 Å². The zero-order chi connectivity index (χ0) is 9.84. The normalized spacial score (nSPS) is 9.38.